The molecule has 3 heterocycles. The second kappa shape index (κ2) is 6.34. The fourth-order valence-electron chi connectivity index (χ4n) is 4.12. The van der Waals surface area contributed by atoms with Gasteiger partial charge in [-0.25, -0.2) is 9.37 Å². The van der Waals surface area contributed by atoms with Crippen LogP contribution in [0.4, 0.5) is 4.39 Å². The molecule has 5 nitrogen and oxygen atoms in total. The van der Waals surface area contributed by atoms with Gasteiger partial charge in [-0.3, -0.25) is 4.79 Å². The van der Waals surface area contributed by atoms with E-state index in [1.165, 1.54) is 12.5 Å². The van der Waals surface area contributed by atoms with Crippen LogP contribution in [0, 0.1) is 12.7 Å². The molecule has 4 aromatic rings. The Morgan fingerprint density at radius 1 is 1.21 bits per heavy atom. The van der Waals surface area contributed by atoms with Crippen molar-refractivity contribution < 1.29 is 13.6 Å². The van der Waals surface area contributed by atoms with E-state index in [9.17, 15) is 9.18 Å². The van der Waals surface area contributed by atoms with E-state index in [0.29, 0.717) is 24.2 Å². The zero-order chi connectivity index (χ0) is 19.3. The second-order valence-electron chi connectivity index (χ2n) is 7.00. The standard InChI is InChI=1S/C22H18FN3O2/c1-13-21(28-12-24-13)22(27)26-11-10-15-14-6-3-5-9-18(14)25-19(15)20(26)16-7-2-4-8-17(16)23/h2-9,12,20,25H,10-11H2,1H3. The molecule has 28 heavy (non-hydrogen) atoms. The molecular weight excluding hydrogens is 357 g/mol. The first-order valence-electron chi connectivity index (χ1n) is 9.20. The van der Waals surface area contributed by atoms with Crippen LogP contribution in [0.5, 0.6) is 0 Å². The van der Waals surface area contributed by atoms with E-state index in [4.69, 9.17) is 4.42 Å². The number of carbonyl (C=O) groups excluding carboxylic acids is 1. The SMILES string of the molecule is Cc1ncoc1C(=O)N1CCc2c([nH]c3ccccc23)C1c1ccccc1F. The van der Waals surface area contributed by atoms with Gasteiger partial charge in [0.15, 0.2) is 6.39 Å². The Morgan fingerprint density at radius 3 is 2.79 bits per heavy atom. The van der Waals surface area contributed by atoms with Crippen molar-refractivity contribution in [2.24, 2.45) is 0 Å². The molecule has 0 bridgehead atoms. The van der Waals surface area contributed by atoms with Gasteiger partial charge in [0.05, 0.1) is 5.69 Å². The van der Waals surface area contributed by atoms with E-state index in [1.807, 2.05) is 18.2 Å². The number of aromatic nitrogens is 2. The Labute approximate surface area is 160 Å². The number of hydrogen-bond acceptors (Lipinski definition) is 3. The van der Waals surface area contributed by atoms with Gasteiger partial charge in [0, 0.05) is 28.7 Å². The number of amides is 1. The molecule has 1 N–H and O–H groups in total. The van der Waals surface area contributed by atoms with Gasteiger partial charge in [0.1, 0.15) is 11.9 Å². The Balaban J connectivity index is 1.71. The number of nitrogens with zero attached hydrogens (tertiary/aromatic N) is 2. The molecule has 140 valence electrons. The summed E-state index contributed by atoms with van der Waals surface area (Å²) >= 11 is 0. The largest absolute Gasteiger partial charge is 0.438 e. The number of aromatic amines is 1. The Hall–Kier alpha value is -3.41. The van der Waals surface area contributed by atoms with E-state index in [0.717, 1.165) is 22.2 Å². The topological polar surface area (TPSA) is 62.1 Å². The van der Waals surface area contributed by atoms with Crippen molar-refractivity contribution in [3.8, 4) is 0 Å². The maximum atomic E-state index is 14.8. The van der Waals surface area contributed by atoms with Crippen molar-refractivity contribution in [2.45, 2.75) is 19.4 Å². The minimum Gasteiger partial charge on any atom is -0.438 e. The molecule has 5 rings (SSSR count). The van der Waals surface area contributed by atoms with Crippen LogP contribution in [0.3, 0.4) is 0 Å². The highest BCUT2D eigenvalue weighted by Crippen LogP contribution is 2.40. The summed E-state index contributed by atoms with van der Waals surface area (Å²) in [5.74, 6) is -0.431. The van der Waals surface area contributed by atoms with Gasteiger partial charge < -0.3 is 14.3 Å². The number of para-hydroxylation sites is 1. The summed E-state index contributed by atoms with van der Waals surface area (Å²) < 4.78 is 20.1. The molecular formula is C22H18FN3O2. The lowest BCUT2D eigenvalue weighted by Gasteiger charge is -2.35. The average Bonchev–Trinajstić information content (AvgIpc) is 3.30. The van der Waals surface area contributed by atoms with Crippen LogP contribution in [-0.4, -0.2) is 27.3 Å². The number of H-pyrrole nitrogens is 1. The molecule has 0 spiro atoms. The number of halogens is 1. The van der Waals surface area contributed by atoms with Crippen molar-refractivity contribution in [1.82, 2.24) is 14.9 Å². The van der Waals surface area contributed by atoms with Crippen LogP contribution in [0.1, 0.15) is 39.1 Å². The normalized spacial score (nSPS) is 16.4. The predicted octanol–water partition coefficient (Wildman–Crippen LogP) is 4.39. The maximum Gasteiger partial charge on any atom is 0.292 e. The molecule has 0 saturated heterocycles. The number of nitrogens with one attached hydrogen (secondary N) is 1. The third-order valence-electron chi connectivity index (χ3n) is 5.43. The Kier molecular flexibility index (Phi) is 3.79. The van der Waals surface area contributed by atoms with E-state index in [-0.39, 0.29) is 17.5 Å². The molecule has 2 aromatic carbocycles. The average molecular weight is 375 g/mol. The Bertz CT molecular complexity index is 1190. The molecule has 2 aromatic heterocycles. The van der Waals surface area contributed by atoms with E-state index in [1.54, 1.807) is 30.0 Å². The van der Waals surface area contributed by atoms with Gasteiger partial charge in [-0.15, -0.1) is 0 Å². The lowest BCUT2D eigenvalue weighted by molar-refractivity contribution is 0.0655. The minimum atomic E-state index is -0.561. The van der Waals surface area contributed by atoms with E-state index in [2.05, 4.69) is 16.0 Å². The highest BCUT2D eigenvalue weighted by atomic mass is 19.1. The van der Waals surface area contributed by atoms with Crippen LogP contribution >= 0.6 is 0 Å². The fraction of sp³-hybridized carbons (Fsp3) is 0.182. The van der Waals surface area contributed by atoms with Gasteiger partial charge in [0.25, 0.3) is 5.91 Å². The molecule has 0 saturated carbocycles. The van der Waals surface area contributed by atoms with E-state index >= 15 is 0 Å². The quantitative estimate of drug-likeness (QED) is 0.565. The molecule has 6 heteroatoms. The summed E-state index contributed by atoms with van der Waals surface area (Å²) in [7, 11) is 0. The summed E-state index contributed by atoms with van der Waals surface area (Å²) in [5, 5.41) is 1.11. The summed E-state index contributed by atoms with van der Waals surface area (Å²) in [5.41, 5.74) is 3.95. The number of oxazole rings is 1. The van der Waals surface area contributed by atoms with E-state index < -0.39 is 6.04 Å². The lowest BCUT2D eigenvalue weighted by atomic mass is 9.91. The predicted molar refractivity (Wildman–Crippen MR) is 103 cm³/mol. The van der Waals surface area contributed by atoms with Gasteiger partial charge in [-0.1, -0.05) is 36.4 Å². The zero-order valence-corrected chi connectivity index (χ0v) is 15.3. The van der Waals surface area contributed by atoms with Crippen LogP contribution < -0.4 is 0 Å². The van der Waals surface area contributed by atoms with Crippen LogP contribution in [0.15, 0.2) is 59.3 Å². The maximum absolute atomic E-state index is 14.8. The molecule has 1 atom stereocenters. The summed E-state index contributed by atoms with van der Waals surface area (Å²) in [6, 6.07) is 14.0. The highest BCUT2D eigenvalue weighted by molar-refractivity contribution is 5.94. The lowest BCUT2D eigenvalue weighted by Crippen LogP contribution is -2.41. The molecule has 0 fully saturated rings. The summed E-state index contributed by atoms with van der Waals surface area (Å²) in [6.45, 7) is 2.19. The Morgan fingerprint density at radius 2 is 2.00 bits per heavy atom. The van der Waals surface area contributed by atoms with Crippen molar-refractivity contribution in [3.63, 3.8) is 0 Å². The number of fused-ring (bicyclic) bond motifs is 3. The number of carbonyl (C=O) groups is 1. The van der Waals surface area contributed by atoms with Gasteiger partial charge in [-0.05, 0) is 31.0 Å². The first kappa shape index (κ1) is 16.7. The second-order valence-corrected chi connectivity index (χ2v) is 7.00. The van der Waals surface area contributed by atoms with Gasteiger partial charge in [-0.2, -0.15) is 0 Å². The molecule has 0 aliphatic carbocycles. The first-order chi connectivity index (χ1) is 13.6. The highest BCUT2D eigenvalue weighted by Gasteiger charge is 2.37. The molecule has 0 radical (unpaired) electrons. The van der Waals surface area contributed by atoms with Crippen molar-refractivity contribution in [3.05, 3.63) is 89.0 Å². The van der Waals surface area contributed by atoms with Crippen molar-refractivity contribution in [2.75, 3.05) is 6.54 Å². The third-order valence-corrected chi connectivity index (χ3v) is 5.43. The smallest absolute Gasteiger partial charge is 0.292 e. The van der Waals surface area contributed by atoms with Gasteiger partial charge >= 0.3 is 0 Å². The van der Waals surface area contributed by atoms with Crippen molar-refractivity contribution >= 4 is 16.8 Å². The molecule has 1 amide bonds. The number of hydrogen-bond donors (Lipinski definition) is 1. The molecule has 1 unspecified atom stereocenters. The van der Waals surface area contributed by atoms with Crippen LogP contribution in [0.2, 0.25) is 0 Å². The molecule has 1 aliphatic rings. The monoisotopic (exact) mass is 375 g/mol. The zero-order valence-electron chi connectivity index (χ0n) is 15.3. The first-order valence-corrected chi connectivity index (χ1v) is 9.20. The minimum absolute atomic E-state index is 0.195. The van der Waals surface area contributed by atoms with Crippen LogP contribution in [0.25, 0.3) is 10.9 Å². The van der Waals surface area contributed by atoms with Crippen molar-refractivity contribution in [1.29, 1.82) is 0 Å². The third kappa shape index (κ3) is 2.45. The number of aryl methyl sites for hydroxylation is 1. The fourth-order valence-corrected chi connectivity index (χ4v) is 4.12. The number of rotatable bonds is 2. The summed E-state index contributed by atoms with van der Waals surface area (Å²) in [4.78, 5) is 22.4. The number of benzene rings is 2. The summed E-state index contributed by atoms with van der Waals surface area (Å²) in [6.07, 6.45) is 1.95. The van der Waals surface area contributed by atoms with Gasteiger partial charge in [0.2, 0.25) is 5.76 Å². The van der Waals surface area contributed by atoms with Crippen LogP contribution in [-0.2, 0) is 6.42 Å². The molecule has 1 aliphatic heterocycles.